The molecule has 0 aliphatic carbocycles. The van der Waals surface area contributed by atoms with E-state index in [1.165, 1.54) is 12.4 Å². The Kier molecular flexibility index (Phi) is 5.56. The van der Waals surface area contributed by atoms with Gasteiger partial charge in [0.05, 0.1) is 12.4 Å². The number of carbonyl (C=O) groups is 2. The zero-order valence-electron chi connectivity index (χ0n) is 13.8. The Morgan fingerprint density at radius 2 is 1.08 bits per heavy atom. The van der Waals surface area contributed by atoms with Crippen molar-refractivity contribution < 1.29 is 9.59 Å². The summed E-state index contributed by atoms with van der Waals surface area (Å²) in [6.07, 6.45) is 9.18. The van der Waals surface area contributed by atoms with Crippen LogP contribution in [0, 0.1) is 0 Å². The molecule has 0 spiro atoms. The molecule has 0 atom stereocenters. The van der Waals surface area contributed by atoms with Gasteiger partial charge in [0, 0.05) is 37.9 Å². The highest BCUT2D eigenvalue weighted by Crippen LogP contribution is 2.00. The molecule has 3 heterocycles. The maximum absolute atomic E-state index is 12.1. The average Bonchev–Trinajstić information content (AvgIpc) is 2.72. The fourth-order valence-corrected chi connectivity index (χ4v) is 2.11. The minimum absolute atomic E-state index is 0.143. The van der Waals surface area contributed by atoms with E-state index in [9.17, 15) is 9.59 Å². The number of pyridine rings is 2. The van der Waals surface area contributed by atoms with E-state index in [0.29, 0.717) is 13.1 Å². The summed E-state index contributed by atoms with van der Waals surface area (Å²) in [5, 5.41) is 5.47. The van der Waals surface area contributed by atoms with Crippen molar-refractivity contribution in [3.8, 4) is 0 Å². The first-order chi connectivity index (χ1) is 12.7. The van der Waals surface area contributed by atoms with Crippen LogP contribution in [0.3, 0.4) is 0 Å². The fourth-order valence-electron chi connectivity index (χ4n) is 2.11. The Morgan fingerprint density at radius 3 is 1.42 bits per heavy atom. The third-order valence-electron chi connectivity index (χ3n) is 3.52. The summed E-state index contributed by atoms with van der Waals surface area (Å²) in [4.78, 5) is 40.0. The fraction of sp³-hybridized carbons (Fsp3) is 0.111. The molecule has 0 fully saturated rings. The molecular weight excluding hydrogens is 332 g/mol. The van der Waals surface area contributed by atoms with Crippen LogP contribution < -0.4 is 10.6 Å². The van der Waals surface area contributed by atoms with E-state index >= 15 is 0 Å². The molecule has 8 nitrogen and oxygen atoms in total. The van der Waals surface area contributed by atoms with Crippen LogP contribution in [0.2, 0.25) is 0 Å². The maximum atomic E-state index is 12.1. The number of nitrogens with one attached hydrogen (secondary N) is 2. The summed E-state index contributed by atoms with van der Waals surface area (Å²) >= 11 is 0. The number of carbonyl (C=O) groups excluding carboxylic acids is 2. The van der Waals surface area contributed by atoms with Crippen molar-refractivity contribution in [2.24, 2.45) is 0 Å². The van der Waals surface area contributed by atoms with Gasteiger partial charge in [-0.1, -0.05) is 0 Å². The van der Waals surface area contributed by atoms with Gasteiger partial charge in [-0.25, -0.2) is 9.97 Å². The van der Waals surface area contributed by atoms with Gasteiger partial charge in [0.1, 0.15) is 11.4 Å². The van der Waals surface area contributed by atoms with Crippen LogP contribution in [0.1, 0.15) is 32.1 Å². The predicted molar refractivity (Wildman–Crippen MR) is 92.8 cm³/mol. The van der Waals surface area contributed by atoms with Crippen molar-refractivity contribution in [1.29, 1.82) is 0 Å². The smallest absolute Gasteiger partial charge is 0.271 e. The van der Waals surface area contributed by atoms with E-state index < -0.39 is 0 Å². The SMILES string of the molecule is O=C(NCc1ccncc1)c1cnc(C(=O)NCc2ccncc2)cn1. The van der Waals surface area contributed by atoms with Crippen molar-refractivity contribution >= 4 is 11.8 Å². The molecule has 8 heteroatoms. The Bertz CT molecular complexity index is 795. The second kappa shape index (κ2) is 8.43. The molecule has 3 aromatic rings. The van der Waals surface area contributed by atoms with Crippen LogP contribution in [0.25, 0.3) is 0 Å². The van der Waals surface area contributed by atoms with Crippen LogP contribution in [-0.2, 0) is 13.1 Å². The lowest BCUT2D eigenvalue weighted by Crippen LogP contribution is -2.26. The quantitative estimate of drug-likeness (QED) is 0.691. The van der Waals surface area contributed by atoms with Crippen molar-refractivity contribution in [2.45, 2.75) is 13.1 Å². The summed E-state index contributed by atoms with van der Waals surface area (Å²) in [5.74, 6) is -0.726. The highest BCUT2D eigenvalue weighted by molar-refractivity contribution is 5.94. The Balaban J connectivity index is 1.53. The number of aromatic nitrogens is 4. The highest BCUT2D eigenvalue weighted by Gasteiger charge is 2.11. The number of rotatable bonds is 6. The van der Waals surface area contributed by atoms with Gasteiger partial charge in [0.15, 0.2) is 0 Å². The van der Waals surface area contributed by atoms with Crippen molar-refractivity contribution in [2.75, 3.05) is 0 Å². The largest absolute Gasteiger partial charge is 0.347 e. The topological polar surface area (TPSA) is 110 Å². The first kappa shape index (κ1) is 17.2. The molecule has 0 aliphatic heterocycles. The highest BCUT2D eigenvalue weighted by atomic mass is 16.2. The lowest BCUT2D eigenvalue weighted by molar-refractivity contribution is 0.0931. The molecule has 26 heavy (non-hydrogen) atoms. The molecule has 3 rings (SSSR count). The molecule has 0 radical (unpaired) electrons. The van der Waals surface area contributed by atoms with Crippen LogP contribution in [0.5, 0.6) is 0 Å². The van der Waals surface area contributed by atoms with E-state index in [-0.39, 0.29) is 23.2 Å². The summed E-state index contributed by atoms with van der Waals surface area (Å²) < 4.78 is 0. The summed E-state index contributed by atoms with van der Waals surface area (Å²) in [6, 6.07) is 7.23. The summed E-state index contributed by atoms with van der Waals surface area (Å²) in [6.45, 7) is 0.717. The van der Waals surface area contributed by atoms with Crippen molar-refractivity contribution in [3.63, 3.8) is 0 Å². The van der Waals surface area contributed by atoms with Gasteiger partial charge in [-0.05, 0) is 35.4 Å². The first-order valence-electron chi connectivity index (χ1n) is 7.88. The number of hydrogen-bond donors (Lipinski definition) is 2. The van der Waals surface area contributed by atoms with Crippen LogP contribution in [0.4, 0.5) is 0 Å². The van der Waals surface area contributed by atoms with E-state index in [1.807, 2.05) is 24.3 Å². The second-order valence-corrected chi connectivity index (χ2v) is 5.36. The van der Waals surface area contributed by atoms with E-state index in [4.69, 9.17) is 0 Å². The Morgan fingerprint density at radius 1 is 0.692 bits per heavy atom. The average molecular weight is 348 g/mol. The zero-order chi connectivity index (χ0) is 18.2. The molecule has 0 unspecified atom stereocenters. The van der Waals surface area contributed by atoms with E-state index in [1.54, 1.807) is 24.8 Å². The van der Waals surface area contributed by atoms with Gasteiger partial charge in [-0.2, -0.15) is 0 Å². The van der Waals surface area contributed by atoms with Crippen LogP contribution >= 0.6 is 0 Å². The van der Waals surface area contributed by atoms with Gasteiger partial charge in [-0.3, -0.25) is 19.6 Å². The van der Waals surface area contributed by atoms with Gasteiger partial charge in [0.2, 0.25) is 0 Å². The van der Waals surface area contributed by atoms with Crippen molar-refractivity contribution in [3.05, 3.63) is 84.0 Å². The number of nitrogens with zero attached hydrogens (tertiary/aromatic N) is 4. The molecule has 0 aliphatic rings. The summed E-state index contributed by atoms with van der Waals surface area (Å²) in [7, 11) is 0. The molecule has 2 N–H and O–H groups in total. The van der Waals surface area contributed by atoms with E-state index in [2.05, 4.69) is 30.6 Å². The molecule has 0 saturated carbocycles. The van der Waals surface area contributed by atoms with Gasteiger partial charge in [0.25, 0.3) is 11.8 Å². The molecule has 0 aromatic carbocycles. The Hall–Kier alpha value is -3.68. The monoisotopic (exact) mass is 348 g/mol. The normalized spacial score (nSPS) is 10.2. The standard InChI is InChI=1S/C18H16N6O2/c25-17(23-9-13-1-5-19-6-2-13)15-11-22-16(12-21-15)18(26)24-10-14-3-7-20-8-4-14/h1-8,11-12H,9-10H2,(H,23,25)(H,24,26). The minimum atomic E-state index is -0.363. The first-order valence-corrected chi connectivity index (χ1v) is 7.88. The van der Waals surface area contributed by atoms with Crippen molar-refractivity contribution in [1.82, 2.24) is 30.6 Å². The maximum Gasteiger partial charge on any atom is 0.271 e. The lowest BCUT2D eigenvalue weighted by Gasteiger charge is -2.06. The van der Waals surface area contributed by atoms with E-state index in [0.717, 1.165) is 11.1 Å². The van der Waals surface area contributed by atoms with Crippen LogP contribution in [0.15, 0.2) is 61.4 Å². The van der Waals surface area contributed by atoms with Gasteiger partial charge < -0.3 is 10.6 Å². The molecule has 0 saturated heterocycles. The molecule has 2 amide bonds. The Labute approximate surface area is 149 Å². The number of hydrogen-bond acceptors (Lipinski definition) is 6. The zero-order valence-corrected chi connectivity index (χ0v) is 13.8. The third kappa shape index (κ3) is 4.67. The minimum Gasteiger partial charge on any atom is -0.347 e. The summed E-state index contributed by atoms with van der Waals surface area (Å²) in [5.41, 5.74) is 2.14. The molecule has 130 valence electrons. The molecule has 3 aromatic heterocycles. The molecule has 0 bridgehead atoms. The molecular formula is C18H16N6O2. The third-order valence-corrected chi connectivity index (χ3v) is 3.52. The predicted octanol–water partition coefficient (Wildman–Crippen LogP) is 1.13. The second-order valence-electron chi connectivity index (χ2n) is 5.36. The van der Waals surface area contributed by atoms with Gasteiger partial charge >= 0.3 is 0 Å². The number of amides is 2. The lowest BCUT2D eigenvalue weighted by atomic mass is 10.2. The van der Waals surface area contributed by atoms with Crippen LogP contribution in [-0.4, -0.2) is 31.8 Å². The van der Waals surface area contributed by atoms with Gasteiger partial charge in [-0.15, -0.1) is 0 Å².